The zero-order chi connectivity index (χ0) is 15.1. The Labute approximate surface area is 127 Å². The average molecular weight is 298 g/mol. The Morgan fingerprint density at radius 3 is 2.48 bits per heavy atom. The largest absolute Gasteiger partial charge is 0.360 e. The van der Waals surface area contributed by atoms with E-state index in [9.17, 15) is 4.79 Å². The van der Waals surface area contributed by atoms with Gasteiger partial charge in [0, 0.05) is 22.6 Å². The molecule has 0 fully saturated rings. The van der Waals surface area contributed by atoms with Crippen molar-refractivity contribution in [3.63, 3.8) is 0 Å². The van der Waals surface area contributed by atoms with Crippen LogP contribution < -0.4 is 10.6 Å². The third-order valence-corrected chi connectivity index (χ3v) is 2.84. The van der Waals surface area contributed by atoms with E-state index in [0.29, 0.717) is 10.7 Å². The van der Waals surface area contributed by atoms with Crippen molar-refractivity contribution < 1.29 is 4.79 Å². The molecule has 0 radical (unpaired) electrons. The predicted molar refractivity (Wildman–Crippen MR) is 83.8 cm³/mol. The fourth-order valence-corrected chi connectivity index (χ4v) is 1.79. The number of para-hydroxylation sites is 1. The van der Waals surface area contributed by atoms with Crippen LogP contribution in [0.3, 0.4) is 0 Å². The normalized spacial score (nSPS) is 10.6. The van der Waals surface area contributed by atoms with E-state index in [4.69, 9.17) is 16.9 Å². The van der Waals surface area contributed by atoms with Gasteiger partial charge < -0.3 is 10.6 Å². The number of halogens is 1. The van der Waals surface area contributed by atoms with Crippen LogP contribution in [-0.2, 0) is 4.79 Å². The fourth-order valence-electron chi connectivity index (χ4n) is 1.60. The molecular weight excluding hydrogens is 286 g/mol. The molecule has 4 nitrogen and oxygen atoms in total. The highest BCUT2D eigenvalue weighted by Crippen LogP contribution is 2.15. The second-order valence-electron chi connectivity index (χ2n) is 4.14. The molecule has 0 atom stereocenters. The molecule has 5 heteroatoms. The molecule has 1 amide bonds. The van der Waals surface area contributed by atoms with Gasteiger partial charge in [0.15, 0.2) is 0 Å². The lowest BCUT2D eigenvalue weighted by Gasteiger charge is -2.05. The van der Waals surface area contributed by atoms with E-state index in [1.165, 1.54) is 6.20 Å². The van der Waals surface area contributed by atoms with Crippen LogP contribution >= 0.6 is 11.6 Å². The lowest BCUT2D eigenvalue weighted by Crippen LogP contribution is -2.14. The molecule has 104 valence electrons. The summed E-state index contributed by atoms with van der Waals surface area (Å²) in [6, 6.07) is 17.8. The van der Waals surface area contributed by atoms with Gasteiger partial charge in [0.25, 0.3) is 5.91 Å². The highest BCUT2D eigenvalue weighted by molar-refractivity contribution is 6.31. The van der Waals surface area contributed by atoms with Gasteiger partial charge in [-0.3, -0.25) is 4.79 Å². The summed E-state index contributed by atoms with van der Waals surface area (Å²) in [5, 5.41) is 15.1. The van der Waals surface area contributed by atoms with E-state index in [1.54, 1.807) is 24.3 Å². The minimum atomic E-state index is -0.497. The first-order valence-electron chi connectivity index (χ1n) is 6.18. The monoisotopic (exact) mass is 297 g/mol. The molecule has 2 N–H and O–H groups in total. The number of rotatable bonds is 4. The first kappa shape index (κ1) is 14.6. The van der Waals surface area contributed by atoms with Crippen molar-refractivity contribution in [2.24, 2.45) is 0 Å². The van der Waals surface area contributed by atoms with Crippen LogP contribution in [0.1, 0.15) is 0 Å². The Balaban J connectivity index is 2.07. The number of nitrogens with zero attached hydrogens (tertiary/aromatic N) is 1. The molecule has 21 heavy (non-hydrogen) atoms. The lowest BCUT2D eigenvalue weighted by atomic mass is 10.2. The molecule has 0 aliphatic heterocycles. The van der Waals surface area contributed by atoms with Crippen molar-refractivity contribution >= 4 is 28.9 Å². The van der Waals surface area contributed by atoms with E-state index in [2.05, 4.69) is 10.6 Å². The van der Waals surface area contributed by atoms with E-state index in [-0.39, 0.29) is 5.57 Å². The van der Waals surface area contributed by atoms with Crippen molar-refractivity contribution in [1.82, 2.24) is 0 Å². The van der Waals surface area contributed by atoms with Gasteiger partial charge in [0.2, 0.25) is 0 Å². The van der Waals surface area contributed by atoms with Crippen molar-refractivity contribution in [1.29, 1.82) is 5.26 Å². The van der Waals surface area contributed by atoms with E-state index in [1.807, 2.05) is 36.4 Å². The highest BCUT2D eigenvalue weighted by atomic mass is 35.5. The first-order chi connectivity index (χ1) is 10.2. The quantitative estimate of drug-likeness (QED) is 0.666. The Morgan fingerprint density at radius 2 is 1.81 bits per heavy atom. The molecular formula is C16H12ClN3O. The van der Waals surface area contributed by atoms with Crippen molar-refractivity contribution in [2.45, 2.75) is 0 Å². The second-order valence-corrected chi connectivity index (χ2v) is 4.58. The van der Waals surface area contributed by atoms with Gasteiger partial charge in [-0.25, -0.2) is 0 Å². The highest BCUT2D eigenvalue weighted by Gasteiger charge is 2.09. The molecule has 0 spiro atoms. The summed E-state index contributed by atoms with van der Waals surface area (Å²) < 4.78 is 0. The Morgan fingerprint density at radius 1 is 1.10 bits per heavy atom. The van der Waals surface area contributed by atoms with Gasteiger partial charge in [-0.2, -0.15) is 5.26 Å². The number of nitriles is 1. The number of hydrogen-bond acceptors (Lipinski definition) is 3. The van der Waals surface area contributed by atoms with Crippen LogP contribution in [0.25, 0.3) is 0 Å². The number of nitrogens with one attached hydrogen (secondary N) is 2. The molecule has 0 aromatic heterocycles. The van der Waals surface area contributed by atoms with Crippen LogP contribution in [0.15, 0.2) is 66.4 Å². The summed E-state index contributed by atoms with van der Waals surface area (Å²) in [4.78, 5) is 12.0. The molecule has 0 saturated carbocycles. The molecule has 0 aliphatic rings. The average Bonchev–Trinajstić information content (AvgIpc) is 2.49. The number of amides is 1. The first-order valence-corrected chi connectivity index (χ1v) is 6.55. The maximum Gasteiger partial charge on any atom is 0.267 e. The molecule has 0 unspecified atom stereocenters. The molecule has 2 aromatic carbocycles. The summed E-state index contributed by atoms with van der Waals surface area (Å²) in [5.41, 5.74) is 1.30. The van der Waals surface area contributed by atoms with E-state index < -0.39 is 5.91 Å². The van der Waals surface area contributed by atoms with Crippen molar-refractivity contribution in [3.05, 3.63) is 71.4 Å². The van der Waals surface area contributed by atoms with Gasteiger partial charge in [-0.05, 0) is 30.3 Å². The summed E-state index contributed by atoms with van der Waals surface area (Å²) >= 11 is 5.84. The Bertz CT molecular complexity index is 705. The smallest absolute Gasteiger partial charge is 0.267 e. The van der Waals surface area contributed by atoms with Crippen LogP contribution in [-0.4, -0.2) is 5.91 Å². The SMILES string of the molecule is N#C/C(=C/Nc1ccccc1)C(=O)Nc1cccc(Cl)c1. The molecule has 0 heterocycles. The third-order valence-electron chi connectivity index (χ3n) is 2.60. The number of carbonyl (C=O) groups is 1. The maximum atomic E-state index is 12.0. The van der Waals surface area contributed by atoms with Crippen molar-refractivity contribution in [3.8, 4) is 6.07 Å². The van der Waals surface area contributed by atoms with Crippen molar-refractivity contribution in [2.75, 3.05) is 10.6 Å². The predicted octanol–water partition coefficient (Wildman–Crippen LogP) is 3.80. The van der Waals surface area contributed by atoms with Gasteiger partial charge in [-0.15, -0.1) is 0 Å². The van der Waals surface area contributed by atoms with Crippen LogP contribution in [0, 0.1) is 11.3 Å². The topological polar surface area (TPSA) is 64.9 Å². The van der Waals surface area contributed by atoms with Gasteiger partial charge in [0.1, 0.15) is 11.6 Å². The fraction of sp³-hybridized carbons (Fsp3) is 0. The zero-order valence-corrected chi connectivity index (χ0v) is 11.8. The van der Waals surface area contributed by atoms with Gasteiger partial charge >= 0.3 is 0 Å². The molecule has 2 aromatic rings. The minimum absolute atomic E-state index is 0.0289. The number of benzene rings is 2. The minimum Gasteiger partial charge on any atom is -0.360 e. The summed E-state index contributed by atoms with van der Waals surface area (Å²) in [7, 11) is 0. The number of anilines is 2. The summed E-state index contributed by atoms with van der Waals surface area (Å²) in [6.07, 6.45) is 1.37. The van der Waals surface area contributed by atoms with Crippen LogP contribution in [0.4, 0.5) is 11.4 Å². The molecule has 2 rings (SSSR count). The van der Waals surface area contributed by atoms with Gasteiger partial charge in [0.05, 0.1) is 0 Å². The third kappa shape index (κ3) is 4.37. The standard InChI is InChI=1S/C16H12ClN3O/c17-13-5-4-8-15(9-13)20-16(21)12(10-18)11-19-14-6-2-1-3-7-14/h1-9,11,19H,(H,20,21)/b12-11-. The Hall–Kier alpha value is -2.77. The molecule has 0 aliphatic carbocycles. The van der Waals surface area contributed by atoms with Crippen LogP contribution in [0.5, 0.6) is 0 Å². The van der Waals surface area contributed by atoms with Gasteiger partial charge in [-0.1, -0.05) is 35.9 Å². The lowest BCUT2D eigenvalue weighted by molar-refractivity contribution is -0.112. The van der Waals surface area contributed by atoms with Crippen LogP contribution in [0.2, 0.25) is 5.02 Å². The van der Waals surface area contributed by atoms with E-state index >= 15 is 0 Å². The molecule has 0 bridgehead atoms. The Kier molecular flexibility index (Phi) is 4.97. The summed E-state index contributed by atoms with van der Waals surface area (Å²) in [5.74, 6) is -0.497. The molecule has 0 saturated heterocycles. The number of hydrogen-bond donors (Lipinski definition) is 2. The summed E-state index contributed by atoms with van der Waals surface area (Å²) in [6.45, 7) is 0. The van der Waals surface area contributed by atoms with E-state index in [0.717, 1.165) is 5.69 Å². The zero-order valence-electron chi connectivity index (χ0n) is 11.0. The number of carbonyl (C=O) groups excluding carboxylic acids is 1. The second kappa shape index (κ2) is 7.13. The maximum absolute atomic E-state index is 12.0.